The van der Waals surface area contributed by atoms with Crippen LogP contribution in [0, 0.1) is 11.8 Å². The number of rotatable bonds is 1. The van der Waals surface area contributed by atoms with Crippen molar-refractivity contribution in [2.75, 3.05) is 13.1 Å². The molecule has 3 aliphatic rings. The van der Waals surface area contributed by atoms with Crippen molar-refractivity contribution in [1.82, 2.24) is 10.2 Å². The summed E-state index contributed by atoms with van der Waals surface area (Å²) in [5.41, 5.74) is 0. The Kier molecular flexibility index (Phi) is 5.37. The van der Waals surface area contributed by atoms with E-state index in [1.165, 1.54) is 12.8 Å². The van der Waals surface area contributed by atoms with Crippen LogP contribution in [0.3, 0.4) is 0 Å². The Morgan fingerprint density at radius 2 is 1.68 bits per heavy atom. The maximum Gasteiger partial charge on any atom is 0.225 e. The van der Waals surface area contributed by atoms with E-state index in [1.807, 2.05) is 0 Å². The minimum atomic E-state index is 0.0240. The van der Waals surface area contributed by atoms with Crippen LogP contribution in [-0.2, 0) is 9.59 Å². The van der Waals surface area contributed by atoms with Gasteiger partial charge in [0, 0.05) is 25.0 Å². The number of fused-ring (bicyclic) bond motifs is 1. The fourth-order valence-electron chi connectivity index (χ4n) is 4.22. The quantitative estimate of drug-likeness (QED) is 0.810. The zero-order valence-electron chi connectivity index (χ0n) is 13.7. The van der Waals surface area contributed by atoms with Gasteiger partial charge in [-0.05, 0) is 38.5 Å². The molecule has 3 fully saturated rings. The molecule has 0 aromatic carbocycles. The first-order valence-electron chi connectivity index (χ1n) is 9.35. The van der Waals surface area contributed by atoms with Crippen molar-refractivity contribution in [2.24, 2.45) is 11.8 Å². The van der Waals surface area contributed by atoms with Gasteiger partial charge in [0.15, 0.2) is 0 Å². The lowest BCUT2D eigenvalue weighted by Gasteiger charge is -2.42. The monoisotopic (exact) mass is 306 g/mol. The summed E-state index contributed by atoms with van der Waals surface area (Å²) in [4.78, 5) is 27.6. The van der Waals surface area contributed by atoms with Gasteiger partial charge < -0.3 is 10.2 Å². The van der Waals surface area contributed by atoms with E-state index in [9.17, 15) is 9.59 Å². The van der Waals surface area contributed by atoms with Crippen LogP contribution in [0.4, 0.5) is 0 Å². The number of hydrogen-bond acceptors (Lipinski definition) is 2. The average molecular weight is 306 g/mol. The zero-order chi connectivity index (χ0) is 15.4. The van der Waals surface area contributed by atoms with Crippen molar-refractivity contribution in [3.63, 3.8) is 0 Å². The van der Waals surface area contributed by atoms with E-state index < -0.39 is 0 Å². The molecule has 1 heterocycles. The molecule has 2 saturated carbocycles. The Morgan fingerprint density at radius 1 is 0.909 bits per heavy atom. The minimum Gasteiger partial charge on any atom is -0.356 e. The van der Waals surface area contributed by atoms with E-state index in [4.69, 9.17) is 0 Å². The summed E-state index contributed by atoms with van der Waals surface area (Å²) in [6, 6.07) is 0.153. The highest BCUT2D eigenvalue weighted by atomic mass is 16.2. The molecule has 0 radical (unpaired) electrons. The third kappa shape index (κ3) is 3.47. The van der Waals surface area contributed by atoms with Gasteiger partial charge in [-0.3, -0.25) is 9.59 Å². The standard InChI is InChI=1S/C18H30N2O2/c21-17-15-10-3-4-11-16(15)20(18(22)14-8-7-9-14)13-6-2-1-5-12-19-17/h14-16H,1-13H2,(H,19,21). The number of carbonyl (C=O) groups excluding carboxylic acids is 2. The Labute approximate surface area is 134 Å². The first-order valence-corrected chi connectivity index (χ1v) is 9.35. The van der Waals surface area contributed by atoms with Gasteiger partial charge in [0.2, 0.25) is 11.8 Å². The Hall–Kier alpha value is -1.06. The molecule has 0 aromatic heterocycles. The first-order chi connectivity index (χ1) is 10.8. The molecule has 3 rings (SSSR count). The van der Waals surface area contributed by atoms with Crippen molar-refractivity contribution in [2.45, 2.75) is 76.7 Å². The third-order valence-corrected chi connectivity index (χ3v) is 5.83. The second kappa shape index (κ2) is 7.47. The number of hydrogen-bond donors (Lipinski definition) is 1. The highest BCUT2D eigenvalue weighted by Crippen LogP contribution is 2.34. The van der Waals surface area contributed by atoms with E-state index in [0.29, 0.717) is 5.91 Å². The molecule has 0 bridgehead atoms. The molecule has 1 aliphatic heterocycles. The summed E-state index contributed by atoms with van der Waals surface area (Å²) < 4.78 is 0. The lowest BCUT2D eigenvalue weighted by atomic mass is 9.80. The van der Waals surface area contributed by atoms with Crippen molar-refractivity contribution in [3.8, 4) is 0 Å². The van der Waals surface area contributed by atoms with Crippen LogP contribution in [0.1, 0.15) is 70.6 Å². The molecule has 0 aromatic rings. The summed E-state index contributed by atoms with van der Waals surface area (Å²) in [6.45, 7) is 1.67. The second-order valence-electron chi connectivity index (χ2n) is 7.32. The van der Waals surface area contributed by atoms with Gasteiger partial charge in [-0.25, -0.2) is 0 Å². The molecule has 0 spiro atoms. The van der Waals surface area contributed by atoms with E-state index >= 15 is 0 Å². The topological polar surface area (TPSA) is 49.4 Å². The van der Waals surface area contributed by atoms with Gasteiger partial charge in [0.05, 0.1) is 5.92 Å². The van der Waals surface area contributed by atoms with Gasteiger partial charge in [-0.15, -0.1) is 0 Å². The highest BCUT2D eigenvalue weighted by Gasteiger charge is 2.39. The number of carbonyl (C=O) groups is 2. The first kappa shape index (κ1) is 15.8. The predicted molar refractivity (Wildman–Crippen MR) is 86.3 cm³/mol. The van der Waals surface area contributed by atoms with Crippen LogP contribution < -0.4 is 5.32 Å². The summed E-state index contributed by atoms with van der Waals surface area (Å²) in [5, 5.41) is 3.12. The average Bonchev–Trinajstić information content (AvgIpc) is 2.50. The fourth-order valence-corrected chi connectivity index (χ4v) is 4.22. The summed E-state index contributed by atoms with van der Waals surface area (Å²) in [6.07, 6.45) is 12.0. The van der Waals surface area contributed by atoms with Crippen LogP contribution >= 0.6 is 0 Å². The normalized spacial score (nSPS) is 31.5. The van der Waals surface area contributed by atoms with Gasteiger partial charge in [0.25, 0.3) is 0 Å². The van der Waals surface area contributed by atoms with Gasteiger partial charge in [0.1, 0.15) is 0 Å². The van der Waals surface area contributed by atoms with Crippen LogP contribution in [0.2, 0.25) is 0 Å². The van der Waals surface area contributed by atoms with Crippen molar-refractivity contribution in [1.29, 1.82) is 0 Å². The van der Waals surface area contributed by atoms with Crippen LogP contribution in [0.5, 0.6) is 0 Å². The number of amides is 2. The largest absolute Gasteiger partial charge is 0.356 e. The molecule has 4 heteroatoms. The van der Waals surface area contributed by atoms with Crippen molar-refractivity contribution >= 4 is 11.8 Å². The molecule has 1 N–H and O–H groups in total. The summed E-state index contributed by atoms with van der Waals surface area (Å²) in [5.74, 6) is 0.805. The Balaban J connectivity index is 1.78. The summed E-state index contributed by atoms with van der Waals surface area (Å²) in [7, 11) is 0. The Bertz CT molecular complexity index is 406. The molecule has 2 atom stereocenters. The number of nitrogens with zero attached hydrogens (tertiary/aromatic N) is 1. The van der Waals surface area contributed by atoms with Gasteiger partial charge >= 0.3 is 0 Å². The second-order valence-corrected chi connectivity index (χ2v) is 7.32. The van der Waals surface area contributed by atoms with Crippen LogP contribution in [0.25, 0.3) is 0 Å². The summed E-state index contributed by atoms with van der Waals surface area (Å²) >= 11 is 0. The zero-order valence-corrected chi connectivity index (χ0v) is 13.7. The van der Waals surface area contributed by atoms with Crippen LogP contribution in [0.15, 0.2) is 0 Å². The highest BCUT2D eigenvalue weighted by molar-refractivity contribution is 5.83. The molecule has 22 heavy (non-hydrogen) atoms. The maximum atomic E-state index is 12.9. The molecule has 1 saturated heterocycles. The van der Waals surface area contributed by atoms with E-state index in [1.54, 1.807) is 0 Å². The Morgan fingerprint density at radius 3 is 2.45 bits per heavy atom. The van der Waals surface area contributed by atoms with Gasteiger partial charge in [-0.1, -0.05) is 32.1 Å². The van der Waals surface area contributed by atoms with Gasteiger partial charge in [-0.2, -0.15) is 0 Å². The molecule has 2 unspecified atom stereocenters. The third-order valence-electron chi connectivity index (χ3n) is 5.83. The molecular weight excluding hydrogens is 276 g/mol. The smallest absolute Gasteiger partial charge is 0.225 e. The fraction of sp³-hybridized carbons (Fsp3) is 0.889. The van der Waals surface area contributed by atoms with Crippen molar-refractivity contribution < 1.29 is 9.59 Å². The lowest BCUT2D eigenvalue weighted by Crippen LogP contribution is -2.53. The predicted octanol–water partition coefficient (Wildman–Crippen LogP) is 2.86. The molecule has 4 nitrogen and oxygen atoms in total. The van der Waals surface area contributed by atoms with E-state index in [-0.39, 0.29) is 23.8 Å². The van der Waals surface area contributed by atoms with E-state index in [0.717, 1.165) is 70.9 Å². The molecular formula is C18H30N2O2. The molecule has 2 aliphatic carbocycles. The van der Waals surface area contributed by atoms with Crippen LogP contribution in [-0.4, -0.2) is 35.8 Å². The SMILES string of the molecule is O=C1NCCCCCCN(C(=O)C2CCC2)C2CCCCC12. The molecule has 124 valence electrons. The van der Waals surface area contributed by atoms with Crippen molar-refractivity contribution in [3.05, 3.63) is 0 Å². The van der Waals surface area contributed by atoms with E-state index in [2.05, 4.69) is 10.2 Å². The lowest BCUT2D eigenvalue weighted by molar-refractivity contribution is -0.144. The minimum absolute atomic E-state index is 0.0240. The maximum absolute atomic E-state index is 12.9. The number of nitrogens with one attached hydrogen (secondary N) is 1. The molecule has 2 amide bonds.